The number of hydrogen-bond donors (Lipinski definition) is 2. The minimum Gasteiger partial charge on any atom is -0.465 e. The van der Waals surface area contributed by atoms with E-state index < -0.39 is 0 Å². The maximum absolute atomic E-state index is 11.7. The summed E-state index contributed by atoms with van der Waals surface area (Å²) < 4.78 is 5.12. The lowest BCUT2D eigenvalue weighted by atomic mass is 10.3. The lowest BCUT2D eigenvalue weighted by Gasteiger charge is -1.96. The van der Waals surface area contributed by atoms with E-state index in [9.17, 15) is 4.79 Å². The lowest BCUT2D eigenvalue weighted by Crippen LogP contribution is -2.19. The SMILES string of the molecule is O=C(CSc1nc2ccccc2[nH]1)NN=CC=Cc1ccco1. The van der Waals surface area contributed by atoms with E-state index in [2.05, 4.69) is 20.5 Å². The van der Waals surface area contributed by atoms with Crippen molar-refractivity contribution >= 4 is 41.0 Å². The molecule has 0 saturated carbocycles. The first-order chi connectivity index (χ1) is 11.3. The summed E-state index contributed by atoms with van der Waals surface area (Å²) in [6, 6.07) is 11.4. The van der Waals surface area contributed by atoms with Gasteiger partial charge in [0.2, 0.25) is 0 Å². The molecule has 0 fully saturated rings. The second-order valence-electron chi connectivity index (χ2n) is 4.54. The number of benzene rings is 1. The molecule has 0 aliphatic rings. The van der Waals surface area contributed by atoms with Gasteiger partial charge in [0.1, 0.15) is 5.76 Å². The Balaban J connectivity index is 1.44. The number of carbonyl (C=O) groups is 1. The molecule has 2 aromatic heterocycles. The van der Waals surface area contributed by atoms with E-state index in [4.69, 9.17) is 4.42 Å². The van der Waals surface area contributed by atoms with Crippen LogP contribution in [0.15, 0.2) is 63.4 Å². The fourth-order valence-corrected chi connectivity index (χ4v) is 2.52. The van der Waals surface area contributed by atoms with Gasteiger partial charge in [-0.3, -0.25) is 4.79 Å². The zero-order valence-corrected chi connectivity index (χ0v) is 12.9. The highest BCUT2D eigenvalue weighted by Crippen LogP contribution is 2.18. The highest BCUT2D eigenvalue weighted by atomic mass is 32.2. The molecule has 0 unspecified atom stereocenters. The van der Waals surface area contributed by atoms with Crippen LogP contribution in [-0.2, 0) is 4.79 Å². The van der Waals surface area contributed by atoms with Gasteiger partial charge in [0, 0.05) is 6.21 Å². The second kappa shape index (κ2) is 7.46. The number of para-hydroxylation sites is 2. The number of thioether (sulfide) groups is 1. The first-order valence-electron chi connectivity index (χ1n) is 6.91. The van der Waals surface area contributed by atoms with Crippen molar-refractivity contribution in [1.82, 2.24) is 15.4 Å². The zero-order valence-electron chi connectivity index (χ0n) is 12.1. The van der Waals surface area contributed by atoms with Crippen LogP contribution in [0.3, 0.4) is 0 Å². The lowest BCUT2D eigenvalue weighted by molar-refractivity contribution is -0.118. The van der Waals surface area contributed by atoms with E-state index in [0.717, 1.165) is 16.8 Å². The molecule has 6 nitrogen and oxygen atoms in total. The molecule has 0 bridgehead atoms. The van der Waals surface area contributed by atoms with Crippen LogP contribution in [0, 0.1) is 0 Å². The molecule has 0 atom stereocenters. The molecule has 23 heavy (non-hydrogen) atoms. The summed E-state index contributed by atoms with van der Waals surface area (Å²) in [7, 11) is 0. The Labute approximate surface area is 136 Å². The summed E-state index contributed by atoms with van der Waals surface area (Å²) >= 11 is 1.33. The number of hydrazone groups is 1. The summed E-state index contributed by atoms with van der Waals surface area (Å²) in [5, 5.41) is 4.54. The predicted octanol–water partition coefficient (Wildman–Crippen LogP) is 3.06. The molecule has 116 valence electrons. The minimum absolute atomic E-state index is 0.196. The van der Waals surface area contributed by atoms with Crippen molar-refractivity contribution in [3.05, 3.63) is 54.5 Å². The van der Waals surface area contributed by atoms with Crippen molar-refractivity contribution in [2.45, 2.75) is 5.16 Å². The van der Waals surface area contributed by atoms with Gasteiger partial charge < -0.3 is 9.40 Å². The number of nitrogens with zero attached hydrogens (tertiary/aromatic N) is 2. The first kappa shape index (κ1) is 15.1. The molecule has 1 aromatic carbocycles. The Morgan fingerprint density at radius 1 is 1.35 bits per heavy atom. The Hall–Kier alpha value is -2.80. The molecule has 0 spiro atoms. The van der Waals surface area contributed by atoms with Crippen LogP contribution in [0.4, 0.5) is 0 Å². The molecule has 3 rings (SSSR count). The van der Waals surface area contributed by atoms with Gasteiger partial charge in [0.25, 0.3) is 5.91 Å². The fraction of sp³-hybridized carbons (Fsp3) is 0.0625. The molecule has 2 heterocycles. The van der Waals surface area contributed by atoms with Gasteiger partial charge in [-0.15, -0.1) is 0 Å². The quantitative estimate of drug-likeness (QED) is 0.414. The van der Waals surface area contributed by atoms with Crippen LogP contribution in [0.5, 0.6) is 0 Å². The average molecular weight is 326 g/mol. The van der Waals surface area contributed by atoms with Crippen molar-refractivity contribution < 1.29 is 9.21 Å². The Kier molecular flexibility index (Phi) is 4.90. The smallest absolute Gasteiger partial charge is 0.250 e. The number of H-pyrrole nitrogens is 1. The first-order valence-corrected chi connectivity index (χ1v) is 7.89. The average Bonchev–Trinajstić information content (AvgIpc) is 3.21. The number of hydrogen-bond acceptors (Lipinski definition) is 5. The number of amides is 1. The normalized spacial score (nSPS) is 11.7. The monoisotopic (exact) mass is 326 g/mol. The van der Waals surface area contributed by atoms with Gasteiger partial charge in [-0.05, 0) is 36.4 Å². The second-order valence-corrected chi connectivity index (χ2v) is 5.50. The van der Waals surface area contributed by atoms with Crippen molar-refractivity contribution in [2.75, 3.05) is 5.75 Å². The fourth-order valence-electron chi connectivity index (χ4n) is 1.84. The van der Waals surface area contributed by atoms with Gasteiger partial charge in [-0.2, -0.15) is 5.10 Å². The summed E-state index contributed by atoms with van der Waals surface area (Å²) in [4.78, 5) is 19.2. The third-order valence-corrected chi connectivity index (χ3v) is 3.73. The summed E-state index contributed by atoms with van der Waals surface area (Å²) in [6.45, 7) is 0. The van der Waals surface area contributed by atoms with E-state index in [1.165, 1.54) is 18.0 Å². The van der Waals surface area contributed by atoms with E-state index in [-0.39, 0.29) is 11.7 Å². The molecule has 1 amide bonds. The number of carbonyl (C=O) groups excluding carboxylic acids is 1. The van der Waals surface area contributed by atoms with Gasteiger partial charge >= 0.3 is 0 Å². The number of furan rings is 1. The van der Waals surface area contributed by atoms with Crippen LogP contribution in [0.1, 0.15) is 5.76 Å². The third-order valence-electron chi connectivity index (χ3n) is 2.86. The number of nitrogens with one attached hydrogen (secondary N) is 2. The van der Waals surface area contributed by atoms with E-state index >= 15 is 0 Å². The maximum Gasteiger partial charge on any atom is 0.250 e. The van der Waals surface area contributed by atoms with Crippen molar-refractivity contribution in [1.29, 1.82) is 0 Å². The molecule has 2 N–H and O–H groups in total. The number of aromatic amines is 1. The molecule has 3 aromatic rings. The van der Waals surface area contributed by atoms with E-state index in [1.54, 1.807) is 24.5 Å². The molecule has 0 aliphatic carbocycles. The van der Waals surface area contributed by atoms with Crippen LogP contribution >= 0.6 is 11.8 Å². The number of fused-ring (bicyclic) bond motifs is 1. The van der Waals surface area contributed by atoms with Gasteiger partial charge in [0.05, 0.1) is 23.0 Å². The van der Waals surface area contributed by atoms with Gasteiger partial charge in [-0.25, -0.2) is 10.4 Å². The third kappa shape index (κ3) is 4.33. The predicted molar refractivity (Wildman–Crippen MR) is 91.2 cm³/mol. The summed E-state index contributed by atoms with van der Waals surface area (Å²) in [5.41, 5.74) is 4.29. The summed E-state index contributed by atoms with van der Waals surface area (Å²) in [5.74, 6) is 0.764. The zero-order chi connectivity index (χ0) is 15.9. The van der Waals surface area contributed by atoms with Crippen LogP contribution in [0.25, 0.3) is 17.1 Å². The number of allylic oxidation sites excluding steroid dienone is 1. The van der Waals surface area contributed by atoms with E-state index in [0.29, 0.717) is 5.16 Å². The van der Waals surface area contributed by atoms with Crippen molar-refractivity contribution in [3.63, 3.8) is 0 Å². The Bertz CT molecular complexity index is 804. The largest absolute Gasteiger partial charge is 0.465 e. The van der Waals surface area contributed by atoms with Crippen LogP contribution < -0.4 is 5.43 Å². The molecule has 7 heteroatoms. The highest BCUT2D eigenvalue weighted by molar-refractivity contribution is 7.99. The number of imidazole rings is 1. The molecular formula is C16H14N4O2S. The maximum atomic E-state index is 11.7. The van der Waals surface area contributed by atoms with Gasteiger partial charge in [-0.1, -0.05) is 23.9 Å². The minimum atomic E-state index is -0.196. The van der Waals surface area contributed by atoms with E-state index in [1.807, 2.05) is 30.3 Å². The number of aromatic nitrogens is 2. The standard InChI is InChI=1S/C16H14N4O2S/c21-15(20-17-9-3-5-12-6-4-10-22-12)11-23-16-18-13-7-1-2-8-14(13)19-16/h1-10H,11H2,(H,18,19)(H,20,21). The molecule has 0 radical (unpaired) electrons. The molecule has 0 aliphatic heterocycles. The Morgan fingerprint density at radius 3 is 3.09 bits per heavy atom. The van der Waals surface area contributed by atoms with Crippen LogP contribution in [-0.4, -0.2) is 27.8 Å². The summed E-state index contributed by atoms with van der Waals surface area (Å²) in [6.07, 6.45) is 6.52. The topological polar surface area (TPSA) is 83.3 Å². The number of rotatable bonds is 6. The molecule has 0 saturated heterocycles. The van der Waals surface area contributed by atoms with Gasteiger partial charge in [0.15, 0.2) is 5.16 Å². The highest BCUT2D eigenvalue weighted by Gasteiger charge is 2.05. The van der Waals surface area contributed by atoms with Crippen LogP contribution in [0.2, 0.25) is 0 Å². The molecular weight excluding hydrogens is 312 g/mol. The Morgan fingerprint density at radius 2 is 2.26 bits per heavy atom. The van der Waals surface area contributed by atoms with Crippen molar-refractivity contribution in [2.24, 2.45) is 5.10 Å². The van der Waals surface area contributed by atoms with Crippen molar-refractivity contribution in [3.8, 4) is 0 Å².